The SMILES string of the molecule is CCCC(=O)N1CCN(c2ccc(Cl)cc2NC(=S)NC(=O)c2cccc(Cl)c2Cl)CC1. The third-order valence-electron chi connectivity index (χ3n) is 5.07. The number of nitrogens with one attached hydrogen (secondary N) is 2. The average molecular weight is 514 g/mol. The summed E-state index contributed by atoms with van der Waals surface area (Å²) >= 11 is 23.7. The first kappa shape index (κ1) is 24.6. The van der Waals surface area contributed by atoms with Crippen LogP contribution in [-0.4, -0.2) is 48.0 Å². The Labute approximate surface area is 207 Å². The zero-order chi connectivity index (χ0) is 23.3. The van der Waals surface area contributed by atoms with Gasteiger partial charge in [-0.15, -0.1) is 0 Å². The van der Waals surface area contributed by atoms with Gasteiger partial charge < -0.3 is 15.1 Å². The summed E-state index contributed by atoms with van der Waals surface area (Å²) in [7, 11) is 0. The van der Waals surface area contributed by atoms with E-state index in [-0.39, 0.29) is 26.6 Å². The summed E-state index contributed by atoms with van der Waals surface area (Å²) in [6.07, 6.45) is 1.41. The smallest absolute Gasteiger partial charge is 0.258 e. The van der Waals surface area contributed by atoms with Gasteiger partial charge in [-0.2, -0.15) is 0 Å². The molecule has 1 aliphatic heterocycles. The number of anilines is 2. The summed E-state index contributed by atoms with van der Waals surface area (Å²) in [5.41, 5.74) is 1.77. The van der Waals surface area contributed by atoms with Crippen LogP contribution in [0.4, 0.5) is 11.4 Å². The third kappa shape index (κ3) is 6.04. The van der Waals surface area contributed by atoms with E-state index in [1.54, 1.807) is 30.3 Å². The van der Waals surface area contributed by atoms with Gasteiger partial charge in [0.05, 0.1) is 27.0 Å². The van der Waals surface area contributed by atoms with Crippen LogP contribution in [0.15, 0.2) is 36.4 Å². The van der Waals surface area contributed by atoms with Gasteiger partial charge in [-0.05, 0) is 49.0 Å². The Balaban J connectivity index is 1.69. The van der Waals surface area contributed by atoms with Crippen LogP contribution in [-0.2, 0) is 4.79 Å². The summed E-state index contributed by atoms with van der Waals surface area (Å²) < 4.78 is 0. The Hall–Kier alpha value is -2.06. The molecule has 0 aliphatic carbocycles. The summed E-state index contributed by atoms with van der Waals surface area (Å²) in [5.74, 6) is -0.285. The highest BCUT2D eigenvalue weighted by molar-refractivity contribution is 7.80. The Morgan fingerprint density at radius 2 is 1.78 bits per heavy atom. The van der Waals surface area contributed by atoms with Crippen LogP contribution in [0.2, 0.25) is 15.1 Å². The molecule has 3 rings (SSSR count). The first-order valence-corrected chi connectivity index (χ1v) is 11.7. The van der Waals surface area contributed by atoms with Gasteiger partial charge in [0.2, 0.25) is 5.91 Å². The monoisotopic (exact) mass is 512 g/mol. The number of halogens is 3. The second-order valence-electron chi connectivity index (χ2n) is 7.29. The van der Waals surface area contributed by atoms with Crippen LogP contribution in [0.5, 0.6) is 0 Å². The lowest BCUT2D eigenvalue weighted by molar-refractivity contribution is -0.131. The van der Waals surface area contributed by atoms with Crippen molar-refractivity contribution >= 4 is 75.3 Å². The topological polar surface area (TPSA) is 64.7 Å². The number of hydrogen-bond donors (Lipinski definition) is 2. The number of benzene rings is 2. The first-order valence-electron chi connectivity index (χ1n) is 10.2. The fourth-order valence-electron chi connectivity index (χ4n) is 3.46. The van der Waals surface area contributed by atoms with Gasteiger partial charge in [0.25, 0.3) is 5.91 Å². The summed E-state index contributed by atoms with van der Waals surface area (Å²) in [6.45, 7) is 4.67. The van der Waals surface area contributed by atoms with E-state index in [4.69, 9.17) is 47.0 Å². The molecule has 1 fully saturated rings. The quantitative estimate of drug-likeness (QED) is 0.537. The molecular weight excluding hydrogens is 491 g/mol. The van der Waals surface area contributed by atoms with Gasteiger partial charge in [0, 0.05) is 37.6 Å². The molecule has 1 aliphatic rings. The van der Waals surface area contributed by atoms with Gasteiger partial charge in [-0.3, -0.25) is 14.9 Å². The Morgan fingerprint density at radius 3 is 2.47 bits per heavy atom. The van der Waals surface area contributed by atoms with Gasteiger partial charge in [-0.1, -0.05) is 47.8 Å². The predicted molar refractivity (Wildman–Crippen MR) is 135 cm³/mol. The number of carbonyl (C=O) groups is 2. The van der Waals surface area contributed by atoms with E-state index in [9.17, 15) is 9.59 Å². The maximum atomic E-state index is 12.6. The molecule has 0 aromatic heterocycles. The van der Waals surface area contributed by atoms with Crippen molar-refractivity contribution in [3.63, 3.8) is 0 Å². The van der Waals surface area contributed by atoms with E-state index >= 15 is 0 Å². The molecule has 2 aromatic carbocycles. The molecule has 2 amide bonds. The third-order valence-corrected chi connectivity index (χ3v) is 6.33. The second-order valence-corrected chi connectivity index (χ2v) is 8.92. The maximum absolute atomic E-state index is 12.6. The van der Waals surface area contributed by atoms with E-state index in [0.717, 1.165) is 12.1 Å². The number of rotatable bonds is 5. The van der Waals surface area contributed by atoms with Crippen LogP contribution in [0, 0.1) is 0 Å². The Morgan fingerprint density at radius 1 is 1.06 bits per heavy atom. The molecule has 2 aromatic rings. The van der Waals surface area contributed by atoms with Crippen LogP contribution < -0.4 is 15.5 Å². The minimum atomic E-state index is -0.471. The van der Waals surface area contributed by atoms with Crippen molar-refractivity contribution < 1.29 is 9.59 Å². The lowest BCUT2D eigenvalue weighted by Gasteiger charge is -2.37. The van der Waals surface area contributed by atoms with E-state index < -0.39 is 5.91 Å². The molecule has 170 valence electrons. The summed E-state index contributed by atoms with van der Waals surface area (Å²) in [4.78, 5) is 28.8. The van der Waals surface area contributed by atoms with Gasteiger partial charge in [0.15, 0.2) is 5.11 Å². The van der Waals surface area contributed by atoms with Crippen molar-refractivity contribution in [1.29, 1.82) is 0 Å². The van der Waals surface area contributed by atoms with Gasteiger partial charge in [0.1, 0.15) is 0 Å². The number of amides is 2. The molecule has 6 nitrogen and oxygen atoms in total. The van der Waals surface area contributed by atoms with Crippen molar-refractivity contribution in [3.05, 3.63) is 57.0 Å². The highest BCUT2D eigenvalue weighted by atomic mass is 35.5. The lowest BCUT2D eigenvalue weighted by Crippen LogP contribution is -2.49. The Bertz CT molecular complexity index is 1030. The molecule has 1 saturated heterocycles. The number of piperazine rings is 1. The lowest BCUT2D eigenvalue weighted by atomic mass is 10.2. The zero-order valence-corrected chi connectivity index (χ0v) is 20.5. The zero-order valence-electron chi connectivity index (χ0n) is 17.5. The van der Waals surface area contributed by atoms with E-state index in [0.29, 0.717) is 43.3 Å². The first-order chi connectivity index (χ1) is 15.3. The summed E-state index contributed by atoms with van der Waals surface area (Å²) in [6, 6.07) is 10.2. The molecule has 0 bridgehead atoms. The van der Waals surface area contributed by atoms with Crippen molar-refractivity contribution in [3.8, 4) is 0 Å². The van der Waals surface area contributed by atoms with E-state index in [1.807, 2.05) is 17.9 Å². The second kappa shape index (κ2) is 11.2. The van der Waals surface area contributed by atoms with Gasteiger partial charge in [-0.25, -0.2) is 0 Å². The Kier molecular flexibility index (Phi) is 8.59. The highest BCUT2D eigenvalue weighted by Crippen LogP contribution is 2.30. The molecule has 0 saturated carbocycles. The molecule has 0 radical (unpaired) electrons. The van der Waals surface area contributed by atoms with Crippen LogP contribution in [0.3, 0.4) is 0 Å². The fourth-order valence-corrected chi connectivity index (χ4v) is 4.22. The van der Waals surface area contributed by atoms with Gasteiger partial charge >= 0.3 is 0 Å². The van der Waals surface area contributed by atoms with Crippen LogP contribution >= 0.6 is 47.0 Å². The number of nitrogens with zero attached hydrogens (tertiary/aromatic N) is 2. The fraction of sp³-hybridized carbons (Fsp3) is 0.318. The molecule has 1 heterocycles. The van der Waals surface area contributed by atoms with E-state index in [1.165, 1.54) is 0 Å². The summed E-state index contributed by atoms with van der Waals surface area (Å²) in [5, 5.41) is 6.75. The minimum absolute atomic E-state index is 0.103. The minimum Gasteiger partial charge on any atom is -0.366 e. The van der Waals surface area contributed by atoms with Crippen LogP contribution in [0.25, 0.3) is 0 Å². The van der Waals surface area contributed by atoms with Crippen molar-refractivity contribution in [1.82, 2.24) is 10.2 Å². The predicted octanol–water partition coefficient (Wildman–Crippen LogP) is 5.22. The maximum Gasteiger partial charge on any atom is 0.258 e. The molecule has 10 heteroatoms. The highest BCUT2D eigenvalue weighted by Gasteiger charge is 2.23. The average Bonchev–Trinajstić information content (AvgIpc) is 2.76. The van der Waals surface area contributed by atoms with Crippen molar-refractivity contribution in [2.24, 2.45) is 0 Å². The molecule has 0 atom stereocenters. The van der Waals surface area contributed by atoms with E-state index in [2.05, 4.69) is 15.5 Å². The molecule has 0 unspecified atom stereocenters. The molecule has 2 N–H and O–H groups in total. The largest absolute Gasteiger partial charge is 0.366 e. The molecule has 0 spiro atoms. The van der Waals surface area contributed by atoms with Crippen LogP contribution in [0.1, 0.15) is 30.1 Å². The van der Waals surface area contributed by atoms with Crippen molar-refractivity contribution in [2.75, 3.05) is 36.4 Å². The number of thiocarbonyl (C=S) groups is 1. The molecular formula is C22H23Cl3N4O2S. The molecule has 32 heavy (non-hydrogen) atoms. The number of hydrogen-bond acceptors (Lipinski definition) is 4. The number of carbonyl (C=O) groups excluding carboxylic acids is 2. The van der Waals surface area contributed by atoms with Crippen molar-refractivity contribution in [2.45, 2.75) is 19.8 Å². The standard InChI is InChI=1S/C22H23Cl3N4O2S/c1-2-4-19(30)29-11-9-28(10-12-29)18-8-7-14(23)13-17(18)26-22(32)27-21(31)15-5-3-6-16(24)20(15)25/h3,5-8,13H,2,4,9-12H2,1H3,(H2,26,27,31,32). The normalized spacial score (nSPS) is 13.6.